The van der Waals surface area contributed by atoms with Crippen LogP contribution in [-0.2, 0) is 20.9 Å². The minimum absolute atomic E-state index is 0.0888. The Morgan fingerprint density at radius 1 is 1.30 bits per heavy atom. The van der Waals surface area contributed by atoms with Crippen LogP contribution in [0.5, 0.6) is 11.5 Å². The Kier molecular flexibility index (Phi) is 6.19. The Labute approximate surface area is 179 Å². The lowest BCUT2D eigenvalue weighted by atomic mass is 9.97. The topological polar surface area (TPSA) is 90.0 Å². The van der Waals surface area contributed by atoms with Gasteiger partial charge >= 0.3 is 5.97 Å². The second-order valence-electron chi connectivity index (χ2n) is 7.56. The molecule has 1 aromatic carbocycles. The number of benzene rings is 1. The minimum atomic E-state index is -0.339. The Morgan fingerprint density at radius 3 is 2.83 bits per heavy atom. The summed E-state index contributed by atoms with van der Waals surface area (Å²) in [6, 6.07) is 5.61. The van der Waals surface area contributed by atoms with Gasteiger partial charge < -0.3 is 19.5 Å². The maximum absolute atomic E-state index is 12.6. The van der Waals surface area contributed by atoms with Crippen LogP contribution in [-0.4, -0.2) is 41.6 Å². The fourth-order valence-corrected chi connectivity index (χ4v) is 4.54. The summed E-state index contributed by atoms with van der Waals surface area (Å²) >= 11 is 1.48. The number of rotatable bonds is 6. The summed E-state index contributed by atoms with van der Waals surface area (Å²) in [5.74, 6) is 1.05. The van der Waals surface area contributed by atoms with Gasteiger partial charge in [-0.1, -0.05) is 6.07 Å². The summed E-state index contributed by atoms with van der Waals surface area (Å²) < 4.78 is 16.5. The molecule has 30 heavy (non-hydrogen) atoms. The molecule has 0 spiro atoms. The predicted octanol–water partition coefficient (Wildman–Crippen LogP) is 3.35. The molecule has 1 N–H and O–H groups in total. The molecule has 1 saturated heterocycles. The molecule has 2 aliphatic rings. The van der Waals surface area contributed by atoms with Crippen LogP contribution >= 0.6 is 11.3 Å². The SMILES string of the molecule is CC(=O)Nc1ncc(CN2CCC(C(=O)OC(C)c3ccc4c(c3)OCO4)CC2)s1. The van der Waals surface area contributed by atoms with Crippen molar-refractivity contribution >= 4 is 28.3 Å². The fourth-order valence-electron chi connectivity index (χ4n) is 3.64. The highest BCUT2D eigenvalue weighted by molar-refractivity contribution is 7.15. The van der Waals surface area contributed by atoms with E-state index in [1.807, 2.05) is 25.1 Å². The number of anilines is 1. The first-order valence-electron chi connectivity index (χ1n) is 10.0. The molecule has 9 heteroatoms. The zero-order valence-corrected chi connectivity index (χ0v) is 17.9. The van der Waals surface area contributed by atoms with Gasteiger partial charge in [0.2, 0.25) is 12.7 Å². The first-order valence-corrected chi connectivity index (χ1v) is 10.8. The first kappa shape index (κ1) is 20.6. The van der Waals surface area contributed by atoms with Crippen LogP contribution < -0.4 is 14.8 Å². The monoisotopic (exact) mass is 431 g/mol. The van der Waals surface area contributed by atoms with Crippen molar-refractivity contribution in [2.45, 2.75) is 39.3 Å². The molecule has 0 radical (unpaired) electrons. The molecular formula is C21H25N3O5S. The van der Waals surface area contributed by atoms with Crippen molar-refractivity contribution in [3.05, 3.63) is 34.8 Å². The standard InChI is InChI=1S/C21H25N3O5S/c1-13(16-3-4-18-19(9-16)28-12-27-18)29-20(26)15-5-7-24(8-6-15)11-17-10-22-21(30-17)23-14(2)25/h3-4,9-10,13,15H,5-8,11-12H2,1-2H3,(H,22,23,25). The van der Waals surface area contributed by atoms with Gasteiger partial charge in [0.05, 0.1) is 5.92 Å². The number of piperidine rings is 1. The Bertz CT molecular complexity index is 923. The van der Waals surface area contributed by atoms with Gasteiger partial charge in [0.25, 0.3) is 0 Å². The van der Waals surface area contributed by atoms with E-state index in [0.29, 0.717) is 10.9 Å². The van der Waals surface area contributed by atoms with Crippen molar-refractivity contribution in [2.24, 2.45) is 5.92 Å². The van der Waals surface area contributed by atoms with E-state index in [1.54, 1.807) is 6.20 Å². The zero-order chi connectivity index (χ0) is 21.1. The quantitative estimate of drug-likeness (QED) is 0.702. The highest BCUT2D eigenvalue weighted by Crippen LogP contribution is 2.35. The van der Waals surface area contributed by atoms with Gasteiger partial charge in [-0.2, -0.15) is 0 Å². The average molecular weight is 432 g/mol. The normalized spacial score (nSPS) is 17.5. The maximum Gasteiger partial charge on any atom is 0.309 e. The van der Waals surface area contributed by atoms with E-state index in [1.165, 1.54) is 18.3 Å². The summed E-state index contributed by atoms with van der Waals surface area (Å²) in [4.78, 5) is 31.4. The maximum atomic E-state index is 12.6. The number of nitrogens with zero attached hydrogens (tertiary/aromatic N) is 2. The largest absolute Gasteiger partial charge is 0.458 e. The third-order valence-electron chi connectivity index (χ3n) is 5.30. The smallest absolute Gasteiger partial charge is 0.309 e. The average Bonchev–Trinajstić information content (AvgIpc) is 3.36. The van der Waals surface area contributed by atoms with Crippen molar-refractivity contribution in [1.29, 1.82) is 0 Å². The van der Waals surface area contributed by atoms with Crippen molar-refractivity contribution in [3.63, 3.8) is 0 Å². The predicted molar refractivity (Wildman–Crippen MR) is 111 cm³/mol. The lowest BCUT2D eigenvalue weighted by Gasteiger charge is -2.31. The van der Waals surface area contributed by atoms with Gasteiger partial charge in [-0.05, 0) is 50.6 Å². The fraction of sp³-hybridized carbons (Fsp3) is 0.476. The number of amides is 1. The number of hydrogen-bond acceptors (Lipinski definition) is 8. The highest BCUT2D eigenvalue weighted by atomic mass is 32.1. The van der Waals surface area contributed by atoms with Crippen LogP contribution in [0.4, 0.5) is 5.13 Å². The number of likely N-dealkylation sites (tertiary alicyclic amines) is 1. The number of esters is 1. The zero-order valence-electron chi connectivity index (χ0n) is 17.1. The van der Waals surface area contributed by atoms with Crippen LogP contribution in [0.3, 0.4) is 0 Å². The van der Waals surface area contributed by atoms with Crippen LogP contribution in [0.1, 0.15) is 43.2 Å². The Hall–Kier alpha value is -2.65. The number of carbonyl (C=O) groups is 2. The summed E-state index contributed by atoms with van der Waals surface area (Å²) in [6.45, 7) is 5.99. The van der Waals surface area contributed by atoms with Gasteiger partial charge in [0, 0.05) is 24.5 Å². The molecule has 3 heterocycles. The molecule has 1 aromatic heterocycles. The molecule has 1 fully saturated rings. The van der Waals surface area contributed by atoms with Crippen molar-refractivity contribution in [1.82, 2.24) is 9.88 Å². The first-order chi connectivity index (χ1) is 14.5. The number of hydrogen-bond donors (Lipinski definition) is 1. The Balaban J connectivity index is 1.25. The molecule has 1 amide bonds. The molecule has 2 aliphatic heterocycles. The second kappa shape index (κ2) is 9.01. The number of thiazole rings is 1. The lowest BCUT2D eigenvalue weighted by Crippen LogP contribution is -2.36. The second-order valence-corrected chi connectivity index (χ2v) is 8.67. The molecule has 0 saturated carbocycles. The van der Waals surface area contributed by atoms with Crippen LogP contribution in [0.15, 0.2) is 24.4 Å². The Morgan fingerprint density at radius 2 is 2.07 bits per heavy atom. The molecular weight excluding hydrogens is 406 g/mol. The van der Waals surface area contributed by atoms with Crippen molar-refractivity contribution in [2.75, 3.05) is 25.2 Å². The van der Waals surface area contributed by atoms with Gasteiger partial charge in [-0.25, -0.2) is 4.98 Å². The van der Waals surface area contributed by atoms with E-state index in [4.69, 9.17) is 14.2 Å². The van der Waals surface area contributed by atoms with Gasteiger partial charge in [-0.3, -0.25) is 14.5 Å². The summed E-state index contributed by atoms with van der Waals surface area (Å²) in [5, 5.41) is 3.32. The molecule has 4 rings (SSSR count). The van der Waals surface area contributed by atoms with Crippen molar-refractivity contribution < 1.29 is 23.8 Å². The lowest BCUT2D eigenvalue weighted by molar-refractivity contribution is -0.155. The molecule has 1 atom stereocenters. The molecule has 1 unspecified atom stereocenters. The van der Waals surface area contributed by atoms with E-state index in [9.17, 15) is 9.59 Å². The van der Waals surface area contributed by atoms with E-state index >= 15 is 0 Å². The molecule has 0 aliphatic carbocycles. The van der Waals surface area contributed by atoms with Crippen LogP contribution in [0.2, 0.25) is 0 Å². The van der Waals surface area contributed by atoms with E-state index < -0.39 is 0 Å². The summed E-state index contributed by atoms with van der Waals surface area (Å²) in [7, 11) is 0. The van der Waals surface area contributed by atoms with Crippen molar-refractivity contribution in [3.8, 4) is 11.5 Å². The summed E-state index contributed by atoms with van der Waals surface area (Å²) in [6.07, 6.45) is 2.99. The van der Waals surface area contributed by atoms with Gasteiger partial charge in [-0.15, -0.1) is 11.3 Å². The third-order valence-corrected chi connectivity index (χ3v) is 6.19. The van der Waals surface area contributed by atoms with E-state index in [0.717, 1.165) is 48.7 Å². The highest BCUT2D eigenvalue weighted by Gasteiger charge is 2.28. The number of carbonyl (C=O) groups excluding carboxylic acids is 2. The number of aromatic nitrogens is 1. The third kappa shape index (κ3) is 4.91. The van der Waals surface area contributed by atoms with Gasteiger partial charge in [0.15, 0.2) is 16.6 Å². The minimum Gasteiger partial charge on any atom is -0.458 e. The number of nitrogens with one attached hydrogen (secondary N) is 1. The van der Waals surface area contributed by atoms with Gasteiger partial charge in [0.1, 0.15) is 6.10 Å². The van der Waals surface area contributed by atoms with E-state index in [-0.39, 0.29) is 30.7 Å². The molecule has 8 nitrogen and oxygen atoms in total. The van der Waals surface area contributed by atoms with Crippen LogP contribution in [0, 0.1) is 5.92 Å². The summed E-state index contributed by atoms with van der Waals surface area (Å²) in [5.41, 5.74) is 0.894. The molecule has 2 aromatic rings. The van der Waals surface area contributed by atoms with Crippen LogP contribution in [0.25, 0.3) is 0 Å². The molecule has 160 valence electrons. The number of fused-ring (bicyclic) bond motifs is 1. The number of ether oxygens (including phenoxy) is 3. The van der Waals surface area contributed by atoms with E-state index in [2.05, 4.69) is 15.2 Å². The molecule has 0 bridgehead atoms.